The Morgan fingerprint density at radius 2 is 2.06 bits per heavy atom. The predicted octanol–water partition coefficient (Wildman–Crippen LogP) is 3.58. The van der Waals surface area contributed by atoms with Gasteiger partial charge in [0.1, 0.15) is 5.75 Å². The molecule has 0 saturated carbocycles. The molecule has 0 radical (unpaired) electrons. The highest BCUT2D eigenvalue weighted by molar-refractivity contribution is 9.10. The predicted molar refractivity (Wildman–Crippen MR) is 70.9 cm³/mol. The van der Waals surface area contributed by atoms with Crippen molar-refractivity contribution in [1.29, 1.82) is 0 Å². The number of hydrogen-bond donors (Lipinski definition) is 1. The first-order valence-electron chi connectivity index (χ1n) is 5.24. The molecule has 7 heteroatoms. The molecular weight excluding hydrogens is 331 g/mol. The van der Waals surface area contributed by atoms with E-state index in [1.165, 1.54) is 0 Å². The summed E-state index contributed by atoms with van der Waals surface area (Å²) in [5, 5.41) is 0. The van der Waals surface area contributed by atoms with E-state index in [0.717, 1.165) is 10.0 Å². The molecule has 0 aliphatic carbocycles. The fraction of sp³-hybridized carbons (Fsp3) is 0.455. The molecule has 0 aliphatic heterocycles. The molecule has 0 aliphatic rings. The van der Waals surface area contributed by atoms with Crippen molar-refractivity contribution in [1.82, 2.24) is 0 Å². The van der Waals surface area contributed by atoms with Crippen LogP contribution in [-0.4, -0.2) is 24.4 Å². The summed E-state index contributed by atoms with van der Waals surface area (Å²) < 4.78 is 41.8. The van der Waals surface area contributed by atoms with Gasteiger partial charge in [-0.3, -0.25) is 0 Å². The van der Waals surface area contributed by atoms with Crippen molar-refractivity contribution in [2.24, 2.45) is 5.73 Å². The third kappa shape index (κ3) is 5.97. The average molecular weight is 344 g/mol. The van der Waals surface area contributed by atoms with E-state index in [1.54, 1.807) is 18.2 Å². The molecule has 18 heavy (non-hydrogen) atoms. The molecular formula is C11H13BrF3NOS. The molecule has 0 amide bonds. The first-order chi connectivity index (χ1) is 8.42. The van der Waals surface area contributed by atoms with Crippen LogP contribution in [0.4, 0.5) is 13.2 Å². The van der Waals surface area contributed by atoms with Crippen LogP contribution in [0.2, 0.25) is 0 Å². The second-order valence-corrected chi connectivity index (χ2v) is 5.45. The van der Waals surface area contributed by atoms with Gasteiger partial charge in [-0.1, -0.05) is 15.9 Å². The molecule has 0 spiro atoms. The molecule has 0 fully saturated rings. The van der Waals surface area contributed by atoms with E-state index in [1.807, 2.05) is 0 Å². The minimum absolute atomic E-state index is 0.0217. The van der Waals surface area contributed by atoms with E-state index < -0.39 is 5.51 Å². The van der Waals surface area contributed by atoms with Crippen LogP contribution < -0.4 is 10.5 Å². The summed E-state index contributed by atoms with van der Waals surface area (Å²) in [6.07, 6.45) is 0.690. The van der Waals surface area contributed by atoms with Gasteiger partial charge in [0, 0.05) is 10.2 Å². The summed E-state index contributed by atoms with van der Waals surface area (Å²) in [4.78, 5) is 0. The van der Waals surface area contributed by atoms with Crippen molar-refractivity contribution in [2.45, 2.75) is 11.9 Å². The van der Waals surface area contributed by atoms with Gasteiger partial charge in [-0.25, -0.2) is 0 Å². The lowest BCUT2D eigenvalue weighted by atomic mass is 10.1. The minimum atomic E-state index is -4.20. The minimum Gasteiger partial charge on any atom is -0.493 e. The molecule has 2 N–H and O–H groups in total. The largest absolute Gasteiger partial charge is 0.493 e. The van der Waals surface area contributed by atoms with Crippen LogP contribution >= 0.6 is 27.7 Å². The zero-order chi connectivity index (χ0) is 13.6. The van der Waals surface area contributed by atoms with Crippen molar-refractivity contribution in [3.05, 3.63) is 28.2 Å². The van der Waals surface area contributed by atoms with Crippen molar-refractivity contribution >= 4 is 27.7 Å². The summed E-state index contributed by atoms with van der Waals surface area (Å²) >= 11 is 3.29. The smallest absolute Gasteiger partial charge is 0.441 e. The summed E-state index contributed by atoms with van der Waals surface area (Å²) in [5.41, 5.74) is 2.24. The van der Waals surface area contributed by atoms with Crippen molar-refractivity contribution in [3.63, 3.8) is 0 Å². The number of ether oxygens (including phenoxy) is 1. The van der Waals surface area contributed by atoms with Crippen LogP contribution in [0.1, 0.15) is 5.56 Å². The Bertz CT molecular complexity index is 387. The van der Waals surface area contributed by atoms with E-state index in [9.17, 15) is 13.2 Å². The molecule has 0 atom stereocenters. The second kappa shape index (κ2) is 7.25. The third-order valence-corrected chi connectivity index (χ3v) is 3.52. The lowest BCUT2D eigenvalue weighted by Gasteiger charge is -2.10. The van der Waals surface area contributed by atoms with Crippen LogP contribution in [0, 0.1) is 0 Å². The zero-order valence-corrected chi connectivity index (χ0v) is 11.9. The number of thioether (sulfide) groups is 1. The third-order valence-electron chi connectivity index (χ3n) is 2.05. The Morgan fingerprint density at radius 3 is 2.67 bits per heavy atom. The maximum absolute atomic E-state index is 11.9. The number of nitrogens with two attached hydrogens (primary N) is 1. The maximum atomic E-state index is 11.9. The van der Waals surface area contributed by atoms with Crippen molar-refractivity contribution < 1.29 is 17.9 Å². The molecule has 2 nitrogen and oxygen atoms in total. The normalized spacial score (nSPS) is 11.6. The highest BCUT2D eigenvalue weighted by atomic mass is 79.9. The fourth-order valence-corrected chi connectivity index (χ4v) is 2.15. The Morgan fingerprint density at radius 1 is 1.33 bits per heavy atom. The van der Waals surface area contributed by atoms with Crippen LogP contribution in [0.5, 0.6) is 5.75 Å². The molecule has 0 heterocycles. The van der Waals surface area contributed by atoms with Crippen LogP contribution in [-0.2, 0) is 6.42 Å². The Hall–Kier alpha value is -0.400. The van der Waals surface area contributed by atoms with Gasteiger partial charge in [0.15, 0.2) is 0 Å². The molecule has 102 valence electrons. The number of hydrogen-bond acceptors (Lipinski definition) is 3. The van der Waals surface area contributed by atoms with E-state index in [0.29, 0.717) is 18.7 Å². The lowest BCUT2D eigenvalue weighted by Crippen LogP contribution is -2.08. The molecule has 0 saturated heterocycles. The number of rotatable bonds is 6. The lowest BCUT2D eigenvalue weighted by molar-refractivity contribution is -0.0329. The molecule has 0 bridgehead atoms. The van der Waals surface area contributed by atoms with Gasteiger partial charge in [0.05, 0.1) is 6.61 Å². The quantitative estimate of drug-likeness (QED) is 0.802. The highest BCUT2D eigenvalue weighted by Gasteiger charge is 2.27. The van der Waals surface area contributed by atoms with Crippen molar-refractivity contribution in [2.75, 3.05) is 18.9 Å². The topological polar surface area (TPSA) is 35.2 Å². The van der Waals surface area contributed by atoms with Crippen LogP contribution in [0.25, 0.3) is 0 Å². The van der Waals surface area contributed by atoms with Gasteiger partial charge in [0.2, 0.25) is 0 Å². The number of alkyl halides is 3. The average Bonchev–Trinajstić information content (AvgIpc) is 2.28. The van der Waals surface area contributed by atoms with Gasteiger partial charge in [-0.15, -0.1) is 0 Å². The zero-order valence-electron chi connectivity index (χ0n) is 9.47. The first-order valence-corrected chi connectivity index (χ1v) is 7.02. The van der Waals surface area contributed by atoms with Gasteiger partial charge >= 0.3 is 5.51 Å². The number of halogens is 4. The van der Waals surface area contributed by atoms with E-state index in [4.69, 9.17) is 10.5 Å². The van der Waals surface area contributed by atoms with Crippen molar-refractivity contribution in [3.8, 4) is 5.75 Å². The summed E-state index contributed by atoms with van der Waals surface area (Å²) in [6, 6.07) is 5.30. The van der Waals surface area contributed by atoms with E-state index >= 15 is 0 Å². The van der Waals surface area contributed by atoms with E-state index in [2.05, 4.69) is 15.9 Å². The van der Waals surface area contributed by atoms with Crippen LogP contribution in [0.3, 0.4) is 0 Å². The number of benzene rings is 1. The summed E-state index contributed by atoms with van der Waals surface area (Å²) in [5.74, 6) is 0.440. The Balaban J connectivity index is 2.45. The molecule has 0 aromatic heterocycles. The summed E-state index contributed by atoms with van der Waals surface area (Å²) in [7, 11) is 0. The van der Waals surface area contributed by atoms with Gasteiger partial charge in [-0.2, -0.15) is 13.2 Å². The molecule has 1 aromatic carbocycles. The fourth-order valence-electron chi connectivity index (χ4n) is 1.30. The monoisotopic (exact) mass is 343 g/mol. The maximum Gasteiger partial charge on any atom is 0.441 e. The molecule has 1 aromatic rings. The van der Waals surface area contributed by atoms with E-state index in [-0.39, 0.29) is 24.1 Å². The first kappa shape index (κ1) is 15.7. The Labute approximate surface area is 116 Å². The van der Waals surface area contributed by atoms with Gasteiger partial charge in [-0.05, 0) is 48.5 Å². The van der Waals surface area contributed by atoms with Gasteiger partial charge < -0.3 is 10.5 Å². The highest BCUT2D eigenvalue weighted by Crippen LogP contribution is 2.30. The molecule has 0 unspecified atom stereocenters. The van der Waals surface area contributed by atoms with Gasteiger partial charge in [0.25, 0.3) is 0 Å². The summed E-state index contributed by atoms with van der Waals surface area (Å²) in [6.45, 7) is 0.528. The second-order valence-electron chi connectivity index (χ2n) is 3.43. The van der Waals surface area contributed by atoms with Crippen LogP contribution in [0.15, 0.2) is 22.7 Å². The SMILES string of the molecule is NCCc1cc(OCCSC(F)(F)F)ccc1Br. The molecule has 1 rings (SSSR count). The Kier molecular flexibility index (Phi) is 6.31. The standard InChI is InChI=1S/C11H13BrF3NOS/c12-10-2-1-9(7-8(10)3-4-16)17-5-6-18-11(13,14)15/h1-2,7H,3-6,16H2.